The first-order valence-corrected chi connectivity index (χ1v) is 11.5. The number of nitrogens with zero attached hydrogens (tertiary/aromatic N) is 2. The van der Waals surface area contributed by atoms with Gasteiger partial charge < -0.3 is 14.3 Å². The fourth-order valence-electron chi connectivity index (χ4n) is 4.51. The zero-order valence-corrected chi connectivity index (χ0v) is 19.0. The number of aromatic nitrogens is 1. The van der Waals surface area contributed by atoms with Gasteiger partial charge in [0, 0.05) is 23.5 Å². The molecule has 5 nitrogen and oxygen atoms in total. The van der Waals surface area contributed by atoms with E-state index < -0.39 is 0 Å². The molecule has 2 aromatic carbocycles. The summed E-state index contributed by atoms with van der Waals surface area (Å²) in [5.41, 5.74) is 4.28. The van der Waals surface area contributed by atoms with Crippen LogP contribution in [0, 0.1) is 6.92 Å². The molecule has 1 aliphatic heterocycles. The fraction of sp³-hybridized carbons (Fsp3) is 0.360. The second-order valence-corrected chi connectivity index (χ2v) is 8.91. The first kappa shape index (κ1) is 21.5. The number of methoxy groups -OCH3 is 2. The monoisotopic (exact) mass is 436 g/mol. The van der Waals surface area contributed by atoms with Gasteiger partial charge in [0.15, 0.2) is 0 Å². The molecule has 1 saturated heterocycles. The van der Waals surface area contributed by atoms with Crippen molar-refractivity contribution in [3.05, 3.63) is 64.0 Å². The van der Waals surface area contributed by atoms with Gasteiger partial charge in [-0.2, -0.15) is 0 Å². The van der Waals surface area contributed by atoms with Crippen molar-refractivity contribution >= 4 is 17.6 Å². The van der Waals surface area contributed by atoms with Crippen LogP contribution in [0.3, 0.4) is 0 Å². The Balaban J connectivity index is 1.70. The predicted octanol–water partition coefficient (Wildman–Crippen LogP) is 5.43. The zero-order chi connectivity index (χ0) is 21.8. The van der Waals surface area contributed by atoms with Crippen LogP contribution in [0.5, 0.6) is 11.5 Å². The van der Waals surface area contributed by atoms with Crippen LogP contribution in [0.15, 0.2) is 47.8 Å². The average molecular weight is 437 g/mol. The number of carbonyl (C=O) groups excluding carboxylic acids is 1. The first-order chi connectivity index (χ1) is 15.1. The molecule has 2 heterocycles. The number of rotatable bonds is 7. The van der Waals surface area contributed by atoms with E-state index >= 15 is 0 Å². The van der Waals surface area contributed by atoms with E-state index in [-0.39, 0.29) is 12.1 Å². The van der Waals surface area contributed by atoms with E-state index in [1.165, 1.54) is 0 Å². The Hall–Kier alpha value is -2.70. The van der Waals surface area contributed by atoms with Crippen molar-refractivity contribution in [3.8, 4) is 22.8 Å². The highest BCUT2D eigenvalue weighted by molar-refractivity contribution is 7.09. The lowest BCUT2D eigenvalue weighted by molar-refractivity contribution is -0.115. The Morgan fingerprint density at radius 2 is 1.87 bits per heavy atom. The van der Waals surface area contributed by atoms with Crippen LogP contribution in [0.1, 0.15) is 41.4 Å². The molecule has 1 aliphatic rings. The van der Waals surface area contributed by atoms with Gasteiger partial charge in [-0.05, 0) is 49.9 Å². The second kappa shape index (κ2) is 9.62. The van der Waals surface area contributed by atoms with Crippen molar-refractivity contribution in [3.63, 3.8) is 0 Å². The van der Waals surface area contributed by atoms with E-state index in [0.29, 0.717) is 6.54 Å². The third-order valence-corrected chi connectivity index (χ3v) is 6.74. The molecule has 0 bridgehead atoms. The molecule has 2 unspecified atom stereocenters. The highest BCUT2D eigenvalue weighted by Gasteiger charge is 2.34. The standard InChI is InChI=1S/C25H28N2O3S/c1-17-26-21(16-31-17)19-8-4-7-18(13-19)14-27-20(15-28)9-5-10-22(27)25-23(29-2)11-6-12-24(25)30-3/h4,6-8,11-13,15-16,20,22H,5,9-10,14H2,1-3H3. The van der Waals surface area contributed by atoms with E-state index in [0.717, 1.165) is 64.4 Å². The summed E-state index contributed by atoms with van der Waals surface area (Å²) in [6, 6.07) is 14.2. The molecule has 4 rings (SSSR count). The molecule has 0 spiro atoms. The molecule has 0 amide bonds. The smallest absolute Gasteiger partial charge is 0.137 e. The summed E-state index contributed by atoms with van der Waals surface area (Å²) < 4.78 is 11.4. The van der Waals surface area contributed by atoms with Crippen LogP contribution >= 0.6 is 11.3 Å². The maximum absolute atomic E-state index is 12.0. The van der Waals surface area contributed by atoms with Crippen LogP contribution in [0.25, 0.3) is 11.3 Å². The maximum Gasteiger partial charge on any atom is 0.137 e. The highest BCUT2D eigenvalue weighted by Crippen LogP contribution is 2.43. The number of aryl methyl sites for hydroxylation is 1. The number of thiazole rings is 1. The predicted molar refractivity (Wildman–Crippen MR) is 124 cm³/mol. The summed E-state index contributed by atoms with van der Waals surface area (Å²) in [7, 11) is 3.37. The summed E-state index contributed by atoms with van der Waals surface area (Å²) in [5.74, 6) is 1.60. The zero-order valence-electron chi connectivity index (χ0n) is 18.2. The number of piperidine rings is 1. The normalized spacial score (nSPS) is 19.2. The minimum Gasteiger partial charge on any atom is -0.496 e. The number of ether oxygens (including phenoxy) is 2. The largest absolute Gasteiger partial charge is 0.496 e. The molecule has 0 aliphatic carbocycles. The molecule has 1 aromatic heterocycles. The number of hydrogen-bond acceptors (Lipinski definition) is 6. The van der Waals surface area contributed by atoms with E-state index in [9.17, 15) is 4.79 Å². The lowest BCUT2D eigenvalue weighted by Crippen LogP contribution is -2.42. The van der Waals surface area contributed by atoms with E-state index in [1.54, 1.807) is 25.6 Å². The Morgan fingerprint density at radius 1 is 1.13 bits per heavy atom. The van der Waals surface area contributed by atoms with Gasteiger partial charge >= 0.3 is 0 Å². The number of aldehydes is 1. The Labute approximate surface area is 187 Å². The Kier molecular flexibility index (Phi) is 6.68. The van der Waals surface area contributed by atoms with Gasteiger partial charge in [-0.25, -0.2) is 4.98 Å². The molecule has 3 aromatic rings. The lowest BCUT2D eigenvalue weighted by Gasteiger charge is -2.41. The molecular formula is C25H28N2O3S. The van der Waals surface area contributed by atoms with Gasteiger partial charge in [-0.1, -0.05) is 24.3 Å². The van der Waals surface area contributed by atoms with Gasteiger partial charge in [0.2, 0.25) is 0 Å². The topological polar surface area (TPSA) is 51.7 Å². The summed E-state index contributed by atoms with van der Waals surface area (Å²) in [5, 5.41) is 3.15. The Morgan fingerprint density at radius 3 is 2.52 bits per heavy atom. The molecule has 6 heteroatoms. The van der Waals surface area contributed by atoms with Crippen molar-refractivity contribution in [1.82, 2.24) is 9.88 Å². The highest BCUT2D eigenvalue weighted by atomic mass is 32.1. The van der Waals surface area contributed by atoms with Gasteiger partial charge in [0.1, 0.15) is 17.8 Å². The summed E-state index contributed by atoms with van der Waals surface area (Å²) in [6.07, 6.45) is 3.89. The minimum absolute atomic E-state index is 0.0419. The summed E-state index contributed by atoms with van der Waals surface area (Å²) >= 11 is 1.65. The SMILES string of the molecule is COc1cccc(OC)c1C1CCCC(C=O)N1Cc1cccc(-c2csc(C)n2)c1. The van der Waals surface area contributed by atoms with Gasteiger partial charge in [-0.15, -0.1) is 11.3 Å². The molecule has 0 N–H and O–H groups in total. The molecule has 1 fully saturated rings. The summed E-state index contributed by atoms with van der Waals surface area (Å²) in [6.45, 7) is 2.69. The molecular weight excluding hydrogens is 408 g/mol. The molecule has 0 radical (unpaired) electrons. The lowest BCUT2D eigenvalue weighted by atomic mass is 9.89. The van der Waals surface area contributed by atoms with E-state index in [4.69, 9.17) is 9.47 Å². The minimum atomic E-state index is -0.140. The van der Waals surface area contributed by atoms with Gasteiger partial charge in [0.25, 0.3) is 0 Å². The molecule has 162 valence electrons. The van der Waals surface area contributed by atoms with E-state index in [1.807, 2.05) is 25.1 Å². The third-order valence-electron chi connectivity index (χ3n) is 5.97. The van der Waals surface area contributed by atoms with Crippen LogP contribution in [0.2, 0.25) is 0 Å². The van der Waals surface area contributed by atoms with Crippen molar-refractivity contribution in [2.75, 3.05) is 14.2 Å². The molecule has 0 saturated carbocycles. The van der Waals surface area contributed by atoms with Crippen LogP contribution in [0.4, 0.5) is 0 Å². The van der Waals surface area contributed by atoms with Crippen molar-refractivity contribution < 1.29 is 14.3 Å². The number of benzene rings is 2. The third kappa shape index (κ3) is 4.50. The summed E-state index contributed by atoms with van der Waals surface area (Å²) in [4.78, 5) is 18.9. The number of hydrogen-bond donors (Lipinski definition) is 0. The van der Waals surface area contributed by atoms with Crippen molar-refractivity contribution in [1.29, 1.82) is 0 Å². The Bertz CT molecular complexity index is 1030. The second-order valence-electron chi connectivity index (χ2n) is 7.85. The van der Waals surface area contributed by atoms with Gasteiger partial charge in [0.05, 0.1) is 36.5 Å². The van der Waals surface area contributed by atoms with E-state index in [2.05, 4.69) is 39.5 Å². The van der Waals surface area contributed by atoms with Crippen LogP contribution in [-0.4, -0.2) is 36.4 Å². The van der Waals surface area contributed by atoms with Crippen LogP contribution < -0.4 is 9.47 Å². The van der Waals surface area contributed by atoms with Gasteiger partial charge in [-0.3, -0.25) is 4.90 Å². The van der Waals surface area contributed by atoms with Crippen LogP contribution in [-0.2, 0) is 11.3 Å². The quantitative estimate of drug-likeness (QED) is 0.462. The first-order valence-electron chi connectivity index (χ1n) is 10.6. The number of carbonyl (C=O) groups is 1. The number of likely N-dealkylation sites (tertiary alicyclic amines) is 1. The van der Waals surface area contributed by atoms with Crippen molar-refractivity contribution in [2.45, 2.75) is 44.8 Å². The molecule has 2 atom stereocenters. The maximum atomic E-state index is 12.0. The fourth-order valence-corrected chi connectivity index (χ4v) is 5.13. The molecule has 31 heavy (non-hydrogen) atoms. The average Bonchev–Trinajstić information content (AvgIpc) is 3.25. The van der Waals surface area contributed by atoms with Crippen molar-refractivity contribution in [2.24, 2.45) is 0 Å².